The van der Waals surface area contributed by atoms with Crippen molar-refractivity contribution in [2.45, 2.75) is 161 Å². The van der Waals surface area contributed by atoms with Crippen LogP contribution in [0.3, 0.4) is 0 Å². The minimum atomic E-state index is -1.47. The molecule has 0 radical (unpaired) electrons. The second kappa shape index (κ2) is 27.2. The topological polar surface area (TPSA) is 172 Å². The van der Waals surface area contributed by atoms with E-state index < -0.39 is 22.7 Å². The first-order chi connectivity index (χ1) is 37.1. The molecule has 1 amide bonds. The normalized spacial score (nSPS) is 21.5. The van der Waals surface area contributed by atoms with Crippen molar-refractivity contribution in [1.29, 1.82) is 0 Å². The van der Waals surface area contributed by atoms with E-state index in [1.54, 1.807) is 18.2 Å². The van der Waals surface area contributed by atoms with Gasteiger partial charge in [-0.05, 0) is 140 Å². The standard InChI is InChI=1S/C62H79N3O11/c1-5-7-8-9-10-11-12-13-14-21-59(68)64(40-46-25-30-56-57(36-46)72-42-71-56)58-39-54(63-74-41-45-23-26-48(27-24-45)65(69)70)52-37-47(19-15-17-32-66)51(20-16-18-33-67)60-53-38-50(75-49-28-22-43(3)44(4)35-49)29-31-55(53)76-62(58,61(52)60)73-34-6-2/h6,22-31,35-38,47,51,58,60-61,66-67H,2,5,7-21,32-34,39-42H2,1,3-4H3/t47-,51+,58-,60+,61+,62+/m0/s1. The number of aliphatic hydroxyl groups excluding tert-OH is 2. The summed E-state index contributed by atoms with van der Waals surface area (Å²) in [5, 5.41) is 36.8. The van der Waals surface area contributed by atoms with Crippen molar-refractivity contribution in [3.05, 3.63) is 141 Å². The molecule has 0 saturated heterocycles. The molecule has 2 aliphatic carbocycles. The average Bonchev–Trinajstić information content (AvgIpc) is 4.05. The second-order valence-electron chi connectivity index (χ2n) is 21.1. The van der Waals surface area contributed by atoms with Gasteiger partial charge in [-0.1, -0.05) is 101 Å². The molecule has 1 fully saturated rings. The third kappa shape index (κ3) is 13.5. The number of carbonyl (C=O) groups is 1. The van der Waals surface area contributed by atoms with E-state index in [0.29, 0.717) is 53.5 Å². The molecule has 1 saturated carbocycles. The average molecular weight is 1040 g/mol. The number of benzene rings is 4. The molecule has 2 aliphatic heterocycles. The minimum absolute atomic E-state index is 0.00577. The number of non-ortho nitro benzene ring substituents is 1. The fraction of sp³-hybridized carbons (Fsp3) is 0.516. The number of allylic oxidation sites excluding steroid dienone is 1. The zero-order valence-electron chi connectivity index (χ0n) is 44.9. The highest BCUT2D eigenvalue weighted by atomic mass is 16.7. The van der Waals surface area contributed by atoms with Gasteiger partial charge in [0.25, 0.3) is 5.69 Å². The van der Waals surface area contributed by atoms with Gasteiger partial charge in [0.1, 0.15) is 29.9 Å². The number of oxime groups is 1. The fourth-order valence-electron chi connectivity index (χ4n) is 11.9. The number of hydrogen-bond donors (Lipinski definition) is 2. The van der Waals surface area contributed by atoms with Crippen molar-refractivity contribution in [1.82, 2.24) is 4.90 Å². The molecule has 4 aromatic rings. The maximum Gasteiger partial charge on any atom is 0.269 e. The number of unbranched alkanes of at least 4 members (excludes halogenated alkanes) is 10. The summed E-state index contributed by atoms with van der Waals surface area (Å²) in [4.78, 5) is 34.9. The van der Waals surface area contributed by atoms with Crippen molar-refractivity contribution in [2.75, 3.05) is 26.6 Å². The number of ether oxygens (including phenoxy) is 5. The van der Waals surface area contributed by atoms with Gasteiger partial charge in [0.2, 0.25) is 18.5 Å². The predicted molar refractivity (Wildman–Crippen MR) is 294 cm³/mol. The van der Waals surface area contributed by atoms with Crippen molar-refractivity contribution < 1.29 is 48.5 Å². The van der Waals surface area contributed by atoms with Gasteiger partial charge >= 0.3 is 0 Å². The van der Waals surface area contributed by atoms with Crippen LogP contribution in [0.15, 0.2) is 108 Å². The molecule has 8 rings (SSSR count). The Morgan fingerprint density at radius 2 is 1.50 bits per heavy atom. The van der Waals surface area contributed by atoms with Gasteiger partial charge in [-0.3, -0.25) is 14.9 Å². The predicted octanol–water partition coefficient (Wildman–Crippen LogP) is 13.5. The highest BCUT2D eigenvalue weighted by molar-refractivity contribution is 6.03. The molecule has 6 atom stereocenters. The van der Waals surface area contributed by atoms with Crippen LogP contribution in [0.1, 0.15) is 150 Å². The molecule has 4 aliphatic rings. The van der Waals surface area contributed by atoms with Gasteiger partial charge in [-0.2, -0.15) is 0 Å². The quantitative estimate of drug-likeness (QED) is 0.0220. The lowest BCUT2D eigenvalue weighted by Gasteiger charge is -2.60. The number of nitro groups is 1. The molecule has 4 aromatic carbocycles. The Hall–Kier alpha value is -6.22. The number of nitrogens with zero attached hydrogens (tertiary/aromatic N) is 3. The summed E-state index contributed by atoms with van der Waals surface area (Å²) in [5.74, 6) is 0.979. The van der Waals surface area contributed by atoms with E-state index in [9.17, 15) is 20.3 Å². The summed E-state index contributed by atoms with van der Waals surface area (Å²) in [5.41, 5.74) is 6.34. The molecule has 76 heavy (non-hydrogen) atoms. The van der Waals surface area contributed by atoms with Crippen LogP contribution >= 0.6 is 0 Å². The highest BCUT2D eigenvalue weighted by Crippen LogP contribution is 2.62. The Balaban J connectivity index is 1.27. The van der Waals surface area contributed by atoms with E-state index in [1.165, 1.54) is 49.8 Å². The number of rotatable bonds is 30. The summed E-state index contributed by atoms with van der Waals surface area (Å²) < 4.78 is 33.2. The molecular formula is C62H79N3O11. The third-order valence-corrected chi connectivity index (χ3v) is 15.9. The Labute approximate surface area is 449 Å². The molecule has 0 bridgehead atoms. The molecule has 0 unspecified atom stereocenters. The van der Waals surface area contributed by atoms with E-state index in [1.807, 2.05) is 47.4 Å². The fourth-order valence-corrected chi connectivity index (χ4v) is 11.9. The van der Waals surface area contributed by atoms with Crippen LogP contribution in [0, 0.1) is 41.7 Å². The zero-order valence-corrected chi connectivity index (χ0v) is 44.9. The maximum absolute atomic E-state index is 15.5. The molecule has 0 spiro atoms. The summed E-state index contributed by atoms with van der Waals surface area (Å²) >= 11 is 0. The van der Waals surface area contributed by atoms with Crippen LogP contribution in [0.5, 0.6) is 28.7 Å². The Morgan fingerprint density at radius 1 is 0.816 bits per heavy atom. The number of carbonyl (C=O) groups excluding carboxylic acids is 1. The number of fused-ring (bicyclic) bond motifs is 3. The van der Waals surface area contributed by atoms with E-state index in [-0.39, 0.29) is 75.5 Å². The van der Waals surface area contributed by atoms with Crippen LogP contribution in [0.2, 0.25) is 0 Å². The number of nitro benzene ring substituents is 1. The van der Waals surface area contributed by atoms with Crippen molar-refractivity contribution in [2.24, 2.45) is 22.9 Å². The molecule has 14 nitrogen and oxygen atoms in total. The zero-order chi connectivity index (χ0) is 53.4. The minimum Gasteiger partial charge on any atom is -0.459 e. The van der Waals surface area contributed by atoms with E-state index >= 15 is 4.79 Å². The number of aryl methyl sites for hydroxylation is 2. The summed E-state index contributed by atoms with van der Waals surface area (Å²) in [6, 6.07) is 23.4. The lowest BCUT2D eigenvalue weighted by molar-refractivity contribution is -0.384. The van der Waals surface area contributed by atoms with Gasteiger partial charge < -0.3 is 43.6 Å². The number of aliphatic hydroxyl groups is 2. The van der Waals surface area contributed by atoms with Gasteiger partial charge in [0.15, 0.2) is 11.5 Å². The first-order valence-electron chi connectivity index (χ1n) is 27.9. The van der Waals surface area contributed by atoms with Gasteiger partial charge in [-0.15, -0.1) is 6.58 Å². The van der Waals surface area contributed by atoms with Crippen LogP contribution in [-0.2, 0) is 27.5 Å². The van der Waals surface area contributed by atoms with Crippen LogP contribution < -0.4 is 18.9 Å². The monoisotopic (exact) mass is 1040 g/mol. The maximum atomic E-state index is 15.5. The smallest absolute Gasteiger partial charge is 0.269 e. The summed E-state index contributed by atoms with van der Waals surface area (Å²) in [6.07, 6.45) is 19.0. The SMILES string of the molecule is C=CCO[C@@]12Oc3ccc(Oc4ccc(C)c(C)c4)cc3[C@H]3[C@H](CCCCO)[C@@H](CCCCO)C=C(C(=NOCc4ccc([N+](=O)[O-])cc4)C[C@@H]1N(Cc1ccc4c(c1)OCO4)C(=O)CCCCCCCCCCC)[C@H]32. The molecular weight excluding hydrogens is 963 g/mol. The van der Waals surface area contributed by atoms with E-state index in [4.69, 9.17) is 33.7 Å². The third-order valence-electron chi connectivity index (χ3n) is 15.9. The van der Waals surface area contributed by atoms with Gasteiger partial charge in [0, 0.05) is 56.2 Å². The summed E-state index contributed by atoms with van der Waals surface area (Å²) in [7, 11) is 0. The Morgan fingerprint density at radius 3 is 2.22 bits per heavy atom. The van der Waals surface area contributed by atoms with E-state index in [0.717, 1.165) is 79.4 Å². The lowest BCUT2D eigenvalue weighted by atomic mass is 9.55. The Bertz CT molecular complexity index is 2650. The van der Waals surface area contributed by atoms with Gasteiger partial charge in [0.05, 0.1) is 23.2 Å². The van der Waals surface area contributed by atoms with Crippen LogP contribution in [0.4, 0.5) is 5.69 Å². The summed E-state index contributed by atoms with van der Waals surface area (Å²) in [6.45, 7) is 11.2. The second-order valence-corrected chi connectivity index (χ2v) is 21.1. The number of hydrogen-bond acceptors (Lipinski definition) is 12. The van der Waals surface area contributed by atoms with E-state index in [2.05, 4.69) is 45.6 Å². The molecule has 2 heterocycles. The first-order valence-corrected chi connectivity index (χ1v) is 27.9. The molecule has 0 aromatic heterocycles. The molecule has 408 valence electrons. The highest BCUT2D eigenvalue weighted by Gasteiger charge is 2.65. The lowest BCUT2D eigenvalue weighted by Crippen LogP contribution is -2.70. The van der Waals surface area contributed by atoms with Crippen LogP contribution in [-0.4, -0.2) is 70.1 Å². The Kier molecular flexibility index (Phi) is 20.0. The number of amides is 1. The van der Waals surface area contributed by atoms with Crippen LogP contribution in [0.25, 0.3) is 0 Å². The largest absolute Gasteiger partial charge is 0.459 e. The van der Waals surface area contributed by atoms with Crippen molar-refractivity contribution >= 4 is 17.3 Å². The molecule has 2 N–H and O–H groups in total. The first kappa shape index (κ1) is 56.0. The van der Waals surface area contributed by atoms with Crippen molar-refractivity contribution in [3.8, 4) is 28.7 Å². The molecule has 14 heteroatoms. The van der Waals surface area contributed by atoms with Crippen molar-refractivity contribution in [3.63, 3.8) is 0 Å². The van der Waals surface area contributed by atoms with Gasteiger partial charge in [-0.25, -0.2) is 0 Å².